The molecule has 1 saturated heterocycles. The Morgan fingerprint density at radius 1 is 1.19 bits per heavy atom. The summed E-state index contributed by atoms with van der Waals surface area (Å²) in [5.41, 5.74) is 2.13. The Hall–Kier alpha value is -3.68. The number of pyridine rings is 1. The second-order valence-corrected chi connectivity index (χ2v) is 6.09. The van der Waals surface area contributed by atoms with Gasteiger partial charge in [0.05, 0.1) is 0 Å². The molecule has 2 aromatic heterocycles. The fourth-order valence-corrected chi connectivity index (χ4v) is 2.92. The second-order valence-electron chi connectivity index (χ2n) is 6.09. The van der Waals surface area contributed by atoms with Crippen molar-refractivity contribution >= 4 is 17.6 Å². The molecule has 2 N–H and O–H groups in total. The molecule has 1 aromatic carbocycles. The quantitative estimate of drug-likeness (QED) is 0.723. The molecule has 1 fully saturated rings. The van der Waals surface area contributed by atoms with Crippen LogP contribution in [0.3, 0.4) is 0 Å². The van der Waals surface area contributed by atoms with E-state index in [0.29, 0.717) is 36.7 Å². The van der Waals surface area contributed by atoms with Crippen molar-refractivity contribution in [1.82, 2.24) is 25.4 Å². The molecule has 0 saturated carbocycles. The zero-order valence-electron chi connectivity index (χ0n) is 14.5. The molecule has 3 aromatic rings. The average molecular weight is 362 g/mol. The fraction of sp³-hybridized carbons (Fsp3) is 0.158. The van der Waals surface area contributed by atoms with Gasteiger partial charge in [0.15, 0.2) is 5.82 Å². The lowest BCUT2D eigenvalue weighted by atomic mass is 10.1. The van der Waals surface area contributed by atoms with Gasteiger partial charge in [0, 0.05) is 49.5 Å². The maximum absolute atomic E-state index is 12.5. The number of rotatable bonds is 5. The van der Waals surface area contributed by atoms with Crippen molar-refractivity contribution < 1.29 is 9.59 Å². The van der Waals surface area contributed by atoms with E-state index in [0.717, 1.165) is 5.56 Å². The Bertz CT molecular complexity index is 970. The van der Waals surface area contributed by atoms with Gasteiger partial charge in [-0.05, 0) is 42.0 Å². The van der Waals surface area contributed by atoms with Crippen LogP contribution in [-0.4, -0.2) is 39.8 Å². The van der Waals surface area contributed by atoms with E-state index in [1.54, 1.807) is 40.2 Å². The minimum Gasteiger partial charge on any atom is -0.348 e. The number of aromatic nitrogens is 3. The van der Waals surface area contributed by atoms with E-state index < -0.39 is 0 Å². The third-order valence-electron chi connectivity index (χ3n) is 4.28. The Labute approximate surface area is 155 Å². The average Bonchev–Trinajstić information content (AvgIpc) is 3.38. The molecule has 0 aliphatic carbocycles. The molecule has 3 amide bonds. The summed E-state index contributed by atoms with van der Waals surface area (Å²) < 4.78 is 1.66. The van der Waals surface area contributed by atoms with Crippen LogP contribution in [-0.2, 0) is 6.54 Å². The molecule has 0 atom stereocenters. The number of hydrogen-bond donors (Lipinski definition) is 2. The van der Waals surface area contributed by atoms with Crippen LogP contribution in [0.5, 0.6) is 0 Å². The summed E-state index contributed by atoms with van der Waals surface area (Å²) in [6.45, 7) is 1.57. The summed E-state index contributed by atoms with van der Waals surface area (Å²) in [6.07, 6.45) is 5.18. The smallest absolute Gasteiger partial charge is 0.321 e. The van der Waals surface area contributed by atoms with Crippen molar-refractivity contribution in [2.24, 2.45) is 0 Å². The van der Waals surface area contributed by atoms with Gasteiger partial charge in [0.2, 0.25) is 0 Å². The Morgan fingerprint density at radius 3 is 2.89 bits per heavy atom. The zero-order valence-corrected chi connectivity index (χ0v) is 14.5. The number of urea groups is 1. The number of nitrogens with one attached hydrogen (secondary N) is 2. The predicted octanol–water partition coefficient (Wildman–Crippen LogP) is 1.73. The number of hydrogen-bond acceptors (Lipinski definition) is 4. The van der Waals surface area contributed by atoms with E-state index in [1.807, 2.05) is 30.5 Å². The van der Waals surface area contributed by atoms with Crippen LogP contribution in [0.25, 0.3) is 5.82 Å². The highest BCUT2D eigenvalue weighted by Crippen LogP contribution is 2.18. The SMILES string of the molecule is O=C(NCc1ccnc(-n2cccn2)c1)c1cccc(N2CCNC2=O)c1. The third-order valence-corrected chi connectivity index (χ3v) is 4.28. The van der Waals surface area contributed by atoms with Crippen molar-refractivity contribution in [1.29, 1.82) is 0 Å². The van der Waals surface area contributed by atoms with Crippen LogP contribution >= 0.6 is 0 Å². The lowest BCUT2D eigenvalue weighted by Crippen LogP contribution is -2.28. The summed E-state index contributed by atoms with van der Waals surface area (Å²) in [4.78, 5) is 30.2. The molecular weight excluding hydrogens is 344 g/mol. The summed E-state index contributed by atoms with van der Waals surface area (Å²) >= 11 is 0. The van der Waals surface area contributed by atoms with E-state index in [2.05, 4.69) is 20.7 Å². The Morgan fingerprint density at radius 2 is 2.11 bits per heavy atom. The van der Waals surface area contributed by atoms with E-state index in [4.69, 9.17) is 0 Å². The van der Waals surface area contributed by atoms with Gasteiger partial charge in [-0.1, -0.05) is 6.07 Å². The first-order valence-corrected chi connectivity index (χ1v) is 8.59. The van der Waals surface area contributed by atoms with Gasteiger partial charge < -0.3 is 10.6 Å². The van der Waals surface area contributed by atoms with Crippen molar-refractivity contribution in [2.45, 2.75) is 6.54 Å². The molecule has 4 rings (SSSR count). The van der Waals surface area contributed by atoms with Crippen LogP contribution in [0.15, 0.2) is 61.1 Å². The van der Waals surface area contributed by atoms with Gasteiger partial charge in [-0.25, -0.2) is 14.5 Å². The summed E-state index contributed by atoms with van der Waals surface area (Å²) in [5, 5.41) is 9.81. The van der Waals surface area contributed by atoms with Gasteiger partial charge in [0.25, 0.3) is 5.91 Å². The molecule has 1 aliphatic heterocycles. The fourth-order valence-electron chi connectivity index (χ4n) is 2.92. The van der Waals surface area contributed by atoms with Crippen molar-refractivity contribution in [3.05, 3.63) is 72.2 Å². The number of benzene rings is 1. The lowest BCUT2D eigenvalue weighted by Gasteiger charge is -2.15. The van der Waals surface area contributed by atoms with Crippen molar-refractivity contribution in [2.75, 3.05) is 18.0 Å². The van der Waals surface area contributed by atoms with Crippen LogP contribution in [0.1, 0.15) is 15.9 Å². The van der Waals surface area contributed by atoms with Crippen LogP contribution < -0.4 is 15.5 Å². The zero-order chi connectivity index (χ0) is 18.6. The normalized spacial score (nSPS) is 13.5. The number of carbonyl (C=O) groups excluding carboxylic acids is 2. The highest BCUT2D eigenvalue weighted by Gasteiger charge is 2.21. The molecule has 0 radical (unpaired) electrons. The van der Waals surface area contributed by atoms with E-state index in [1.165, 1.54) is 0 Å². The summed E-state index contributed by atoms with van der Waals surface area (Å²) in [6, 6.07) is 12.4. The van der Waals surface area contributed by atoms with Gasteiger partial charge >= 0.3 is 6.03 Å². The molecule has 0 spiro atoms. The lowest BCUT2D eigenvalue weighted by molar-refractivity contribution is 0.0951. The standard InChI is InChI=1S/C19H18N6O2/c26-18(15-3-1-4-16(12-15)24-10-8-21-19(24)27)22-13-14-5-7-20-17(11-14)25-9-2-6-23-25/h1-7,9,11-12H,8,10,13H2,(H,21,27)(H,22,26). The third kappa shape index (κ3) is 3.64. The van der Waals surface area contributed by atoms with Crippen molar-refractivity contribution in [3.8, 4) is 5.82 Å². The number of amides is 3. The first-order chi connectivity index (χ1) is 13.2. The van der Waals surface area contributed by atoms with Crippen LogP contribution in [0, 0.1) is 0 Å². The van der Waals surface area contributed by atoms with Gasteiger partial charge in [0.1, 0.15) is 0 Å². The number of carbonyl (C=O) groups is 2. The van der Waals surface area contributed by atoms with E-state index in [-0.39, 0.29) is 11.9 Å². The predicted molar refractivity (Wildman–Crippen MR) is 99.7 cm³/mol. The highest BCUT2D eigenvalue weighted by molar-refractivity contribution is 5.98. The summed E-state index contributed by atoms with van der Waals surface area (Å²) in [5.74, 6) is 0.489. The van der Waals surface area contributed by atoms with Crippen molar-refractivity contribution in [3.63, 3.8) is 0 Å². The molecule has 3 heterocycles. The molecule has 1 aliphatic rings. The molecule has 8 nitrogen and oxygen atoms in total. The first kappa shape index (κ1) is 16.8. The largest absolute Gasteiger partial charge is 0.348 e. The minimum atomic E-state index is -0.200. The monoisotopic (exact) mass is 362 g/mol. The molecule has 27 heavy (non-hydrogen) atoms. The maximum Gasteiger partial charge on any atom is 0.321 e. The maximum atomic E-state index is 12.5. The number of anilines is 1. The first-order valence-electron chi connectivity index (χ1n) is 8.59. The Kier molecular flexibility index (Phi) is 4.52. The van der Waals surface area contributed by atoms with Gasteiger partial charge in [-0.2, -0.15) is 5.10 Å². The Balaban J connectivity index is 1.44. The second kappa shape index (κ2) is 7.28. The molecular formula is C19H18N6O2. The minimum absolute atomic E-state index is 0.143. The summed E-state index contributed by atoms with van der Waals surface area (Å²) in [7, 11) is 0. The molecule has 0 bridgehead atoms. The van der Waals surface area contributed by atoms with Gasteiger partial charge in [-0.3, -0.25) is 9.69 Å². The van der Waals surface area contributed by atoms with Crippen LogP contribution in [0.2, 0.25) is 0 Å². The van der Waals surface area contributed by atoms with E-state index >= 15 is 0 Å². The molecule has 136 valence electrons. The van der Waals surface area contributed by atoms with Gasteiger partial charge in [-0.15, -0.1) is 0 Å². The molecule has 0 unspecified atom stereocenters. The topological polar surface area (TPSA) is 92.2 Å². The highest BCUT2D eigenvalue weighted by atomic mass is 16.2. The number of nitrogens with zero attached hydrogens (tertiary/aromatic N) is 4. The van der Waals surface area contributed by atoms with Crippen LogP contribution in [0.4, 0.5) is 10.5 Å². The molecule has 8 heteroatoms. The van der Waals surface area contributed by atoms with E-state index in [9.17, 15) is 9.59 Å².